The number of hydrogen-bond donors (Lipinski definition) is 2. The summed E-state index contributed by atoms with van der Waals surface area (Å²) >= 11 is 3.23. The second kappa shape index (κ2) is 8.35. The van der Waals surface area contributed by atoms with Gasteiger partial charge in [-0.25, -0.2) is 0 Å². The molecule has 0 aliphatic carbocycles. The molecule has 2 N–H and O–H groups in total. The van der Waals surface area contributed by atoms with Gasteiger partial charge in [0.2, 0.25) is 5.91 Å². The highest BCUT2D eigenvalue weighted by atomic mass is 79.9. The minimum atomic E-state index is -0.411. The van der Waals surface area contributed by atoms with E-state index in [1.807, 2.05) is 13.0 Å². The van der Waals surface area contributed by atoms with E-state index in [1.165, 1.54) is 18.3 Å². The number of aromatic amines is 1. The number of halogens is 1. The first-order valence-corrected chi connectivity index (χ1v) is 8.01. The van der Waals surface area contributed by atoms with Gasteiger partial charge in [0.15, 0.2) is 11.5 Å². The van der Waals surface area contributed by atoms with Gasteiger partial charge in [0.05, 0.1) is 13.7 Å². The van der Waals surface area contributed by atoms with Crippen LogP contribution in [0.15, 0.2) is 45.8 Å². The van der Waals surface area contributed by atoms with Crippen LogP contribution in [0.25, 0.3) is 6.08 Å². The van der Waals surface area contributed by atoms with Crippen molar-refractivity contribution in [2.75, 3.05) is 19.0 Å². The summed E-state index contributed by atoms with van der Waals surface area (Å²) < 4.78 is 11.4. The highest BCUT2D eigenvalue weighted by Crippen LogP contribution is 2.28. The van der Waals surface area contributed by atoms with Crippen molar-refractivity contribution < 1.29 is 14.3 Å². The molecule has 1 aromatic heterocycles. The zero-order chi connectivity index (χ0) is 17.5. The van der Waals surface area contributed by atoms with E-state index in [2.05, 4.69) is 26.2 Å². The van der Waals surface area contributed by atoms with Crippen LogP contribution in [0.3, 0.4) is 0 Å². The largest absolute Gasteiger partial charge is 0.493 e. The Morgan fingerprint density at radius 3 is 2.83 bits per heavy atom. The Morgan fingerprint density at radius 2 is 2.12 bits per heavy atom. The normalized spacial score (nSPS) is 10.6. The molecule has 0 spiro atoms. The number of H-pyrrole nitrogens is 1. The molecule has 1 aromatic carbocycles. The smallest absolute Gasteiger partial charge is 0.271 e. The molecule has 0 aliphatic heterocycles. The van der Waals surface area contributed by atoms with Gasteiger partial charge in [-0.1, -0.05) is 6.07 Å². The maximum atomic E-state index is 12.0. The molecule has 0 saturated heterocycles. The Bertz CT molecular complexity index is 814. The van der Waals surface area contributed by atoms with Gasteiger partial charge in [0, 0.05) is 16.7 Å². The molecule has 2 aromatic rings. The third-order valence-corrected chi connectivity index (χ3v) is 3.50. The molecular formula is C17H17BrN2O4. The molecule has 7 heteroatoms. The molecule has 6 nitrogen and oxygen atoms in total. The second-order valence-electron chi connectivity index (χ2n) is 4.73. The van der Waals surface area contributed by atoms with Gasteiger partial charge >= 0.3 is 0 Å². The molecule has 0 fully saturated rings. The van der Waals surface area contributed by atoms with Crippen molar-refractivity contribution in [1.82, 2.24) is 4.98 Å². The summed E-state index contributed by atoms with van der Waals surface area (Å²) in [6.07, 6.45) is 4.47. The number of amides is 1. The Kier molecular flexibility index (Phi) is 6.20. The second-order valence-corrected chi connectivity index (χ2v) is 5.64. The predicted octanol–water partition coefficient (Wildman–Crippen LogP) is 3.20. The fraction of sp³-hybridized carbons (Fsp3) is 0.176. The molecule has 2 rings (SSSR count). The maximum absolute atomic E-state index is 12.0. The summed E-state index contributed by atoms with van der Waals surface area (Å²) in [4.78, 5) is 26.1. The van der Waals surface area contributed by atoms with Gasteiger partial charge in [0.1, 0.15) is 5.69 Å². The van der Waals surface area contributed by atoms with Crippen molar-refractivity contribution in [3.05, 3.63) is 56.9 Å². The Labute approximate surface area is 147 Å². The average molecular weight is 393 g/mol. The molecule has 126 valence electrons. The van der Waals surface area contributed by atoms with Crippen LogP contribution in [0.1, 0.15) is 12.5 Å². The number of aromatic nitrogens is 1. The fourth-order valence-electron chi connectivity index (χ4n) is 1.96. The number of carbonyl (C=O) groups is 1. The molecule has 0 saturated carbocycles. The quantitative estimate of drug-likeness (QED) is 0.739. The van der Waals surface area contributed by atoms with Crippen LogP contribution >= 0.6 is 15.9 Å². The number of rotatable bonds is 6. The molecule has 1 heterocycles. The van der Waals surface area contributed by atoms with Gasteiger partial charge in [-0.05, 0) is 52.7 Å². The van der Waals surface area contributed by atoms with Crippen LogP contribution < -0.4 is 20.3 Å². The molecule has 0 atom stereocenters. The molecule has 24 heavy (non-hydrogen) atoms. The molecule has 0 unspecified atom stereocenters. The van der Waals surface area contributed by atoms with Crippen LogP contribution in [-0.2, 0) is 4.79 Å². The minimum absolute atomic E-state index is 0.170. The molecular weight excluding hydrogens is 376 g/mol. The minimum Gasteiger partial charge on any atom is -0.493 e. The summed E-state index contributed by atoms with van der Waals surface area (Å²) in [6, 6.07) is 6.88. The van der Waals surface area contributed by atoms with E-state index in [0.717, 1.165) is 5.56 Å². The summed E-state index contributed by atoms with van der Waals surface area (Å²) in [6.45, 7) is 2.43. The zero-order valence-electron chi connectivity index (χ0n) is 13.3. The van der Waals surface area contributed by atoms with E-state index < -0.39 is 5.91 Å². The van der Waals surface area contributed by atoms with E-state index in [4.69, 9.17) is 9.47 Å². The molecule has 0 radical (unpaired) electrons. The lowest BCUT2D eigenvalue weighted by Gasteiger charge is -2.09. The predicted molar refractivity (Wildman–Crippen MR) is 96.6 cm³/mol. The van der Waals surface area contributed by atoms with Crippen molar-refractivity contribution in [3.63, 3.8) is 0 Å². The third-order valence-electron chi connectivity index (χ3n) is 3.04. The van der Waals surface area contributed by atoms with Gasteiger partial charge < -0.3 is 19.8 Å². The third kappa shape index (κ3) is 4.73. The first kappa shape index (κ1) is 17.8. The van der Waals surface area contributed by atoms with Crippen LogP contribution in [-0.4, -0.2) is 24.6 Å². The first-order chi connectivity index (χ1) is 11.5. The first-order valence-electron chi connectivity index (χ1n) is 7.21. The van der Waals surface area contributed by atoms with Crippen molar-refractivity contribution in [3.8, 4) is 11.5 Å². The van der Waals surface area contributed by atoms with Crippen LogP contribution in [0.2, 0.25) is 0 Å². The zero-order valence-corrected chi connectivity index (χ0v) is 14.8. The van der Waals surface area contributed by atoms with E-state index in [-0.39, 0.29) is 11.2 Å². The van der Waals surface area contributed by atoms with Crippen molar-refractivity contribution in [2.45, 2.75) is 6.92 Å². The van der Waals surface area contributed by atoms with Crippen molar-refractivity contribution in [2.24, 2.45) is 0 Å². The van der Waals surface area contributed by atoms with E-state index in [0.29, 0.717) is 22.6 Å². The number of anilines is 1. The highest BCUT2D eigenvalue weighted by Gasteiger charge is 2.06. The standard InChI is InChI=1S/C17H17BrN2O4/c1-3-24-14-6-4-11(8-15(14)23-2)5-7-16(21)20-13-9-12(18)10-19-17(13)22/h4-10H,3H2,1-2H3,(H,19,22)(H,20,21)/b7-5+. The van der Waals surface area contributed by atoms with Crippen molar-refractivity contribution in [1.29, 1.82) is 0 Å². The van der Waals surface area contributed by atoms with E-state index in [1.54, 1.807) is 25.3 Å². The number of methoxy groups -OCH3 is 1. The lowest BCUT2D eigenvalue weighted by molar-refractivity contribution is -0.111. The lowest BCUT2D eigenvalue weighted by Crippen LogP contribution is -2.17. The number of pyridine rings is 1. The molecule has 1 amide bonds. The number of hydrogen-bond acceptors (Lipinski definition) is 4. The topological polar surface area (TPSA) is 80.4 Å². The number of carbonyl (C=O) groups excluding carboxylic acids is 1. The van der Waals surface area contributed by atoms with E-state index >= 15 is 0 Å². The van der Waals surface area contributed by atoms with Crippen LogP contribution in [0.5, 0.6) is 11.5 Å². The summed E-state index contributed by atoms with van der Waals surface area (Å²) in [7, 11) is 1.55. The monoisotopic (exact) mass is 392 g/mol. The highest BCUT2D eigenvalue weighted by molar-refractivity contribution is 9.10. The van der Waals surface area contributed by atoms with Gasteiger partial charge in [-0.15, -0.1) is 0 Å². The summed E-state index contributed by atoms with van der Waals surface area (Å²) in [5.41, 5.74) is 0.569. The summed E-state index contributed by atoms with van der Waals surface area (Å²) in [5, 5.41) is 2.53. The van der Waals surface area contributed by atoms with Gasteiger partial charge in [-0.3, -0.25) is 9.59 Å². The van der Waals surface area contributed by atoms with E-state index in [9.17, 15) is 9.59 Å². The lowest BCUT2D eigenvalue weighted by atomic mass is 10.2. The Hall–Kier alpha value is -2.54. The summed E-state index contributed by atoms with van der Waals surface area (Å²) in [5.74, 6) is 0.816. The van der Waals surface area contributed by atoms with Crippen molar-refractivity contribution >= 4 is 33.6 Å². The number of nitrogens with one attached hydrogen (secondary N) is 2. The Balaban J connectivity index is 2.11. The maximum Gasteiger partial charge on any atom is 0.271 e. The molecule has 0 bridgehead atoms. The average Bonchev–Trinajstić information content (AvgIpc) is 2.57. The van der Waals surface area contributed by atoms with Crippen LogP contribution in [0.4, 0.5) is 5.69 Å². The van der Waals surface area contributed by atoms with Gasteiger partial charge in [0.25, 0.3) is 5.56 Å². The number of ether oxygens (including phenoxy) is 2. The van der Waals surface area contributed by atoms with Gasteiger partial charge in [-0.2, -0.15) is 0 Å². The SMILES string of the molecule is CCOc1ccc(/C=C/C(=O)Nc2cc(Br)c[nH]c2=O)cc1OC. The number of benzene rings is 1. The Morgan fingerprint density at radius 1 is 1.33 bits per heavy atom. The van der Waals surface area contributed by atoms with Crippen LogP contribution in [0, 0.1) is 0 Å². The fourth-order valence-corrected chi connectivity index (χ4v) is 2.30. The molecule has 0 aliphatic rings.